The topological polar surface area (TPSA) is 59.2 Å². The van der Waals surface area contributed by atoms with Crippen molar-refractivity contribution in [1.29, 1.82) is 0 Å². The molecule has 0 spiro atoms. The molecule has 2 rings (SSSR count). The Morgan fingerprint density at radius 2 is 2.26 bits per heavy atom. The summed E-state index contributed by atoms with van der Waals surface area (Å²) in [5.41, 5.74) is 0. The van der Waals surface area contributed by atoms with E-state index < -0.39 is 0 Å². The van der Waals surface area contributed by atoms with Gasteiger partial charge in [0.1, 0.15) is 0 Å². The molecule has 0 unspecified atom stereocenters. The highest BCUT2D eigenvalue weighted by atomic mass is 16.5. The lowest BCUT2D eigenvalue weighted by Crippen LogP contribution is -2.26. The Kier molecular flexibility index (Phi) is 4.71. The standard InChI is InChI=1S/C14H21N3O2/c1-3-4-5-9-13(18)17(2)10-12-15-14(19-16-12)11-7-6-8-11/h4-5,11H,3,6-10H2,1-2H3/b5-4+. The maximum Gasteiger partial charge on any atom is 0.229 e. The van der Waals surface area contributed by atoms with E-state index in [2.05, 4.69) is 10.1 Å². The number of carbonyl (C=O) groups excluding carboxylic acids is 1. The summed E-state index contributed by atoms with van der Waals surface area (Å²) in [4.78, 5) is 17.8. The number of amides is 1. The number of nitrogens with zero attached hydrogens (tertiary/aromatic N) is 3. The normalized spacial score (nSPS) is 15.7. The lowest BCUT2D eigenvalue weighted by molar-refractivity contribution is -0.129. The van der Waals surface area contributed by atoms with Crippen LogP contribution in [0.3, 0.4) is 0 Å². The van der Waals surface area contributed by atoms with Crippen molar-refractivity contribution in [2.45, 2.75) is 51.5 Å². The number of hydrogen-bond acceptors (Lipinski definition) is 4. The lowest BCUT2D eigenvalue weighted by Gasteiger charge is -2.20. The van der Waals surface area contributed by atoms with Gasteiger partial charge in [0.2, 0.25) is 11.8 Å². The van der Waals surface area contributed by atoms with Crippen molar-refractivity contribution in [1.82, 2.24) is 15.0 Å². The van der Waals surface area contributed by atoms with E-state index in [9.17, 15) is 4.79 Å². The van der Waals surface area contributed by atoms with Gasteiger partial charge in [-0.1, -0.05) is 30.7 Å². The van der Waals surface area contributed by atoms with Crippen molar-refractivity contribution in [3.8, 4) is 0 Å². The third-order valence-corrected chi connectivity index (χ3v) is 3.44. The minimum atomic E-state index is 0.0692. The molecule has 19 heavy (non-hydrogen) atoms. The maximum atomic E-state index is 11.8. The molecule has 1 fully saturated rings. The predicted octanol–water partition coefficient (Wildman–Crippen LogP) is 2.65. The van der Waals surface area contributed by atoms with Crippen molar-refractivity contribution in [2.24, 2.45) is 0 Å². The summed E-state index contributed by atoms with van der Waals surface area (Å²) in [6, 6.07) is 0. The van der Waals surface area contributed by atoms with Crippen LogP contribution in [0.2, 0.25) is 0 Å². The fourth-order valence-corrected chi connectivity index (χ4v) is 1.96. The van der Waals surface area contributed by atoms with Crippen molar-refractivity contribution >= 4 is 5.91 Å². The molecule has 1 aliphatic rings. The SMILES string of the molecule is CC/C=C/CC(=O)N(C)Cc1noc(C2CCC2)n1. The third kappa shape index (κ3) is 3.66. The van der Waals surface area contributed by atoms with Crippen molar-refractivity contribution in [2.75, 3.05) is 7.05 Å². The van der Waals surface area contributed by atoms with Gasteiger partial charge in [0, 0.05) is 19.4 Å². The van der Waals surface area contributed by atoms with Crippen LogP contribution >= 0.6 is 0 Å². The van der Waals surface area contributed by atoms with Crippen LogP contribution in [0.5, 0.6) is 0 Å². The van der Waals surface area contributed by atoms with E-state index in [0.717, 1.165) is 25.2 Å². The Bertz CT molecular complexity index is 449. The van der Waals surface area contributed by atoms with Crippen LogP contribution < -0.4 is 0 Å². The molecule has 5 heteroatoms. The van der Waals surface area contributed by atoms with E-state index in [0.29, 0.717) is 24.7 Å². The number of allylic oxidation sites excluding steroid dienone is 1. The summed E-state index contributed by atoms with van der Waals surface area (Å²) in [5.74, 6) is 1.83. The Morgan fingerprint density at radius 3 is 2.89 bits per heavy atom. The highest BCUT2D eigenvalue weighted by molar-refractivity contribution is 5.77. The van der Waals surface area contributed by atoms with Gasteiger partial charge in [-0.25, -0.2) is 0 Å². The summed E-state index contributed by atoms with van der Waals surface area (Å²) in [7, 11) is 1.77. The molecule has 0 aliphatic heterocycles. The van der Waals surface area contributed by atoms with Gasteiger partial charge in [-0.05, 0) is 19.3 Å². The minimum absolute atomic E-state index is 0.0692. The van der Waals surface area contributed by atoms with E-state index in [1.165, 1.54) is 6.42 Å². The summed E-state index contributed by atoms with van der Waals surface area (Å²) in [6.07, 6.45) is 8.79. The van der Waals surface area contributed by atoms with Gasteiger partial charge in [0.15, 0.2) is 5.82 Å². The largest absolute Gasteiger partial charge is 0.339 e. The molecule has 0 N–H and O–H groups in total. The van der Waals surface area contributed by atoms with Crippen LogP contribution in [0.1, 0.15) is 56.7 Å². The van der Waals surface area contributed by atoms with Gasteiger partial charge in [-0.3, -0.25) is 4.79 Å². The maximum absolute atomic E-state index is 11.8. The van der Waals surface area contributed by atoms with Gasteiger partial charge < -0.3 is 9.42 Å². The third-order valence-electron chi connectivity index (χ3n) is 3.44. The second-order valence-electron chi connectivity index (χ2n) is 5.01. The Labute approximate surface area is 113 Å². The second-order valence-corrected chi connectivity index (χ2v) is 5.01. The molecule has 1 aliphatic carbocycles. The van der Waals surface area contributed by atoms with Crippen LogP contribution in [-0.2, 0) is 11.3 Å². The zero-order chi connectivity index (χ0) is 13.7. The smallest absolute Gasteiger partial charge is 0.229 e. The molecule has 1 aromatic rings. The molecule has 0 bridgehead atoms. The molecule has 0 atom stereocenters. The molecule has 1 heterocycles. The average molecular weight is 263 g/mol. The summed E-state index contributed by atoms with van der Waals surface area (Å²) < 4.78 is 5.23. The van der Waals surface area contributed by atoms with Crippen molar-refractivity contribution in [3.63, 3.8) is 0 Å². The van der Waals surface area contributed by atoms with E-state index in [4.69, 9.17) is 4.52 Å². The van der Waals surface area contributed by atoms with Crippen LogP contribution in [0.15, 0.2) is 16.7 Å². The van der Waals surface area contributed by atoms with Crippen LogP contribution in [0, 0.1) is 0 Å². The molecular formula is C14H21N3O2. The van der Waals surface area contributed by atoms with Crippen LogP contribution in [-0.4, -0.2) is 28.0 Å². The average Bonchev–Trinajstić information content (AvgIpc) is 2.75. The first-order valence-corrected chi connectivity index (χ1v) is 6.92. The first kappa shape index (κ1) is 13.8. The van der Waals surface area contributed by atoms with Crippen molar-refractivity contribution in [3.05, 3.63) is 23.9 Å². The fourth-order valence-electron chi connectivity index (χ4n) is 1.96. The quantitative estimate of drug-likeness (QED) is 0.740. The van der Waals surface area contributed by atoms with Crippen LogP contribution in [0.4, 0.5) is 0 Å². The van der Waals surface area contributed by atoms with E-state index in [1.807, 2.05) is 19.1 Å². The first-order valence-electron chi connectivity index (χ1n) is 6.92. The first-order chi connectivity index (χ1) is 9.20. The van der Waals surface area contributed by atoms with E-state index in [-0.39, 0.29) is 5.91 Å². The summed E-state index contributed by atoms with van der Waals surface area (Å²) in [5, 5.41) is 3.94. The molecule has 104 valence electrons. The van der Waals surface area contributed by atoms with Gasteiger partial charge in [0.25, 0.3) is 0 Å². The molecular weight excluding hydrogens is 242 g/mol. The van der Waals surface area contributed by atoms with E-state index >= 15 is 0 Å². The van der Waals surface area contributed by atoms with E-state index in [1.54, 1.807) is 11.9 Å². The van der Waals surface area contributed by atoms with Gasteiger partial charge in [-0.2, -0.15) is 4.98 Å². The van der Waals surface area contributed by atoms with Crippen LogP contribution in [0.25, 0.3) is 0 Å². The number of rotatable bonds is 6. The number of hydrogen-bond donors (Lipinski definition) is 0. The molecule has 5 nitrogen and oxygen atoms in total. The molecule has 0 saturated heterocycles. The molecule has 0 radical (unpaired) electrons. The fraction of sp³-hybridized carbons (Fsp3) is 0.643. The highest BCUT2D eigenvalue weighted by Crippen LogP contribution is 2.35. The monoisotopic (exact) mass is 263 g/mol. The van der Waals surface area contributed by atoms with Crippen molar-refractivity contribution < 1.29 is 9.32 Å². The molecule has 1 amide bonds. The van der Waals surface area contributed by atoms with Gasteiger partial charge >= 0.3 is 0 Å². The Morgan fingerprint density at radius 1 is 1.47 bits per heavy atom. The second kappa shape index (κ2) is 6.50. The molecule has 1 saturated carbocycles. The zero-order valence-corrected chi connectivity index (χ0v) is 11.6. The summed E-state index contributed by atoms with van der Waals surface area (Å²) in [6.45, 7) is 2.46. The number of aromatic nitrogens is 2. The lowest BCUT2D eigenvalue weighted by atomic mass is 9.85. The highest BCUT2D eigenvalue weighted by Gasteiger charge is 2.25. The summed E-state index contributed by atoms with van der Waals surface area (Å²) >= 11 is 0. The molecule has 0 aromatic carbocycles. The number of carbonyl (C=O) groups is 1. The zero-order valence-electron chi connectivity index (χ0n) is 11.6. The Hall–Kier alpha value is -1.65. The minimum Gasteiger partial charge on any atom is -0.339 e. The predicted molar refractivity (Wildman–Crippen MR) is 71.4 cm³/mol. The van der Waals surface area contributed by atoms with Gasteiger partial charge in [-0.15, -0.1) is 0 Å². The molecule has 1 aromatic heterocycles. The Balaban J connectivity index is 1.83. The van der Waals surface area contributed by atoms with Gasteiger partial charge in [0.05, 0.1) is 6.54 Å².